The van der Waals surface area contributed by atoms with E-state index in [-0.39, 0.29) is 11.9 Å². The van der Waals surface area contributed by atoms with Gasteiger partial charge in [0.05, 0.1) is 12.7 Å². The summed E-state index contributed by atoms with van der Waals surface area (Å²) >= 11 is 0. The summed E-state index contributed by atoms with van der Waals surface area (Å²) in [5.41, 5.74) is 1.83. The highest BCUT2D eigenvalue weighted by Crippen LogP contribution is 2.22. The third-order valence-corrected chi connectivity index (χ3v) is 4.39. The van der Waals surface area contributed by atoms with E-state index in [1.165, 1.54) is 25.5 Å². The molecule has 0 radical (unpaired) electrons. The summed E-state index contributed by atoms with van der Waals surface area (Å²) in [7, 11) is 0. The number of halogens is 1. The van der Waals surface area contributed by atoms with Crippen molar-refractivity contribution in [3.8, 4) is 0 Å². The van der Waals surface area contributed by atoms with E-state index in [9.17, 15) is 4.39 Å². The molecule has 3 rings (SSSR count). The van der Waals surface area contributed by atoms with Gasteiger partial charge in [0, 0.05) is 25.7 Å². The second kappa shape index (κ2) is 6.20. The van der Waals surface area contributed by atoms with Crippen LogP contribution >= 0.6 is 0 Å². The molecule has 2 aliphatic heterocycles. The highest BCUT2D eigenvalue weighted by atomic mass is 19.1. The number of benzene rings is 1. The summed E-state index contributed by atoms with van der Waals surface area (Å²) in [5, 5.41) is 3.42. The largest absolute Gasteiger partial charge is 0.374 e. The molecule has 0 aliphatic carbocycles. The second-order valence-electron chi connectivity index (χ2n) is 5.96. The van der Waals surface area contributed by atoms with Crippen molar-refractivity contribution in [1.82, 2.24) is 10.2 Å². The van der Waals surface area contributed by atoms with Crippen LogP contribution in [0.5, 0.6) is 0 Å². The normalized spacial score (nSPS) is 26.7. The Bertz CT molecular complexity index is 466. The Balaban J connectivity index is 1.44. The van der Waals surface area contributed by atoms with E-state index in [0.717, 1.165) is 31.8 Å². The highest BCUT2D eigenvalue weighted by molar-refractivity contribution is 5.23. The quantitative estimate of drug-likeness (QED) is 0.912. The predicted octanol–water partition coefficient (Wildman–Crippen LogP) is 2.09. The Morgan fingerprint density at radius 3 is 3.20 bits per heavy atom. The maximum atomic E-state index is 13.2. The number of nitrogens with zero attached hydrogens (tertiary/aromatic N) is 1. The van der Waals surface area contributed by atoms with Crippen molar-refractivity contribution in [1.29, 1.82) is 0 Å². The van der Waals surface area contributed by atoms with Crippen LogP contribution in [0.25, 0.3) is 0 Å². The fourth-order valence-corrected chi connectivity index (χ4v) is 3.20. The lowest BCUT2D eigenvalue weighted by atomic mass is 10.1. The van der Waals surface area contributed by atoms with Crippen LogP contribution in [0.4, 0.5) is 4.39 Å². The first-order chi connectivity index (χ1) is 9.72. The number of hydrogen-bond acceptors (Lipinski definition) is 3. The van der Waals surface area contributed by atoms with Gasteiger partial charge in [-0.2, -0.15) is 0 Å². The third kappa shape index (κ3) is 3.19. The molecular weight excluding hydrogens is 255 g/mol. The van der Waals surface area contributed by atoms with Gasteiger partial charge >= 0.3 is 0 Å². The molecule has 2 unspecified atom stereocenters. The Morgan fingerprint density at radius 1 is 1.45 bits per heavy atom. The van der Waals surface area contributed by atoms with Crippen molar-refractivity contribution in [3.05, 3.63) is 35.1 Å². The summed E-state index contributed by atoms with van der Waals surface area (Å²) in [6.45, 7) is 6.57. The van der Waals surface area contributed by atoms with Crippen molar-refractivity contribution in [2.45, 2.75) is 38.5 Å². The van der Waals surface area contributed by atoms with Gasteiger partial charge in [0.1, 0.15) is 5.82 Å². The molecule has 2 saturated heterocycles. The number of morpholine rings is 1. The molecule has 3 nitrogen and oxygen atoms in total. The Kier molecular flexibility index (Phi) is 4.34. The molecule has 2 aliphatic rings. The van der Waals surface area contributed by atoms with Gasteiger partial charge in [0.2, 0.25) is 0 Å². The minimum absolute atomic E-state index is 0.135. The minimum Gasteiger partial charge on any atom is -0.374 e. The SMILES string of the molecule is Cc1cc(CNCC2CN3CCCC3CO2)ccc1F. The number of rotatable bonds is 4. The second-order valence-corrected chi connectivity index (χ2v) is 5.96. The molecule has 2 fully saturated rings. The molecule has 0 aromatic heterocycles. The van der Waals surface area contributed by atoms with Crippen molar-refractivity contribution >= 4 is 0 Å². The first-order valence-electron chi connectivity index (χ1n) is 7.54. The topological polar surface area (TPSA) is 24.5 Å². The molecule has 0 bridgehead atoms. The fourth-order valence-electron chi connectivity index (χ4n) is 3.20. The number of ether oxygens (including phenoxy) is 1. The summed E-state index contributed by atoms with van der Waals surface area (Å²) in [6.07, 6.45) is 2.88. The van der Waals surface area contributed by atoms with Gasteiger partial charge in [0.15, 0.2) is 0 Å². The lowest BCUT2D eigenvalue weighted by Crippen LogP contribution is -2.49. The van der Waals surface area contributed by atoms with Crippen LogP contribution in [-0.4, -0.2) is 43.3 Å². The van der Waals surface area contributed by atoms with Crippen LogP contribution in [-0.2, 0) is 11.3 Å². The summed E-state index contributed by atoms with van der Waals surface area (Å²) < 4.78 is 19.1. The molecule has 0 spiro atoms. The molecule has 0 saturated carbocycles. The van der Waals surface area contributed by atoms with E-state index in [4.69, 9.17) is 4.74 Å². The third-order valence-electron chi connectivity index (χ3n) is 4.39. The zero-order chi connectivity index (χ0) is 13.9. The molecule has 110 valence electrons. The number of fused-ring (bicyclic) bond motifs is 1. The van der Waals surface area contributed by atoms with Gasteiger partial charge in [0.25, 0.3) is 0 Å². The van der Waals surface area contributed by atoms with Gasteiger partial charge in [-0.05, 0) is 43.5 Å². The Morgan fingerprint density at radius 2 is 2.35 bits per heavy atom. The van der Waals surface area contributed by atoms with E-state index in [2.05, 4.69) is 10.2 Å². The maximum Gasteiger partial charge on any atom is 0.126 e. The van der Waals surface area contributed by atoms with E-state index in [1.807, 2.05) is 12.1 Å². The molecule has 4 heteroatoms. The van der Waals surface area contributed by atoms with Crippen molar-refractivity contribution in [2.24, 2.45) is 0 Å². The van der Waals surface area contributed by atoms with Crippen LogP contribution in [0, 0.1) is 12.7 Å². The smallest absolute Gasteiger partial charge is 0.126 e. The van der Waals surface area contributed by atoms with Gasteiger partial charge < -0.3 is 10.1 Å². The summed E-state index contributed by atoms with van der Waals surface area (Å²) in [6, 6.07) is 5.94. The monoisotopic (exact) mass is 278 g/mol. The zero-order valence-electron chi connectivity index (χ0n) is 12.1. The van der Waals surface area contributed by atoms with Crippen molar-refractivity contribution in [3.63, 3.8) is 0 Å². The van der Waals surface area contributed by atoms with Crippen LogP contribution in [0.15, 0.2) is 18.2 Å². The van der Waals surface area contributed by atoms with E-state index >= 15 is 0 Å². The molecular formula is C16H23FN2O. The number of hydrogen-bond donors (Lipinski definition) is 1. The van der Waals surface area contributed by atoms with Gasteiger partial charge in [-0.1, -0.05) is 12.1 Å². The van der Waals surface area contributed by atoms with E-state index in [1.54, 1.807) is 6.92 Å². The number of nitrogens with one attached hydrogen (secondary N) is 1. The zero-order valence-corrected chi connectivity index (χ0v) is 12.1. The molecule has 1 aromatic carbocycles. The minimum atomic E-state index is -0.135. The maximum absolute atomic E-state index is 13.2. The molecule has 20 heavy (non-hydrogen) atoms. The van der Waals surface area contributed by atoms with E-state index in [0.29, 0.717) is 11.6 Å². The van der Waals surface area contributed by atoms with E-state index < -0.39 is 0 Å². The first kappa shape index (κ1) is 14.0. The van der Waals surface area contributed by atoms with Crippen LogP contribution < -0.4 is 5.32 Å². The first-order valence-corrected chi connectivity index (χ1v) is 7.54. The average molecular weight is 278 g/mol. The van der Waals surface area contributed by atoms with Crippen LogP contribution in [0.2, 0.25) is 0 Å². The molecule has 1 N–H and O–H groups in total. The predicted molar refractivity (Wildman–Crippen MR) is 77.2 cm³/mol. The Hall–Kier alpha value is -0.970. The Labute approximate surface area is 120 Å². The molecule has 2 heterocycles. The van der Waals surface area contributed by atoms with Gasteiger partial charge in [-0.3, -0.25) is 4.90 Å². The average Bonchev–Trinajstić information content (AvgIpc) is 2.90. The van der Waals surface area contributed by atoms with Gasteiger partial charge in [-0.15, -0.1) is 0 Å². The van der Waals surface area contributed by atoms with Crippen molar-refractivity contribution < 1.29 is 9.13 Å². The summed E-state index contributed by atoms with van der Waals surface area (Å²) in [4.78, 5) is 2.55. The summed E-state index contributed by atoms with van der Waals surface area (Å²) in [5.74, 6) is -0.135. The standard InChI is InChI=1S/C16H23FN2O/c1-12-7-13(4-5-16(12)17)8-18-9-15-10-19-6-2-3-14(19)11-20-15/h4-5,7,14-15,18H,2-3,6,8-11H2,1H3. The molecule has 0 amide bonds. The van der Waals surface area contributed by atoms with Gasteiger partial charge in [-0.25, -0.2) is 4.39 Å². The lowest BCUT2D eigenvalue weighted by molar-refractivity contribution is -0.0470. The fraction of sp³-hybridized carbons (Fsp3) is 0.625. The van der Waals surface area contributed by atoms with Crippen LogP contribution in [0.3, 0.4) is 0 Å². The molecule has 1 aromatic rings. The van der Waals surface area contributed by atoms with Crippen molar-refractivity contribution in [2.75, 3.05) is 26.2 Å². The highest BCUT2D eigenvalue weighted by Gasteiger charge is 2.31. The number of aryl methyl sites for hydroxylation is 1. The lowest BCUT2D eigenvalue weighted by Gasteiger charge is -2.35. The molecule has 2 atom stereocenters. The van der Waals surface area contributed by atoms with Crippen LogP contribution in [0.1, 0.15) is 24.0 Å².